The van der Waals surface area contributed by atoms with Crippen molar-refractivity contribution in [1.29, 1.82) is 0 Å². The summed E-state index contributed by atoms with van der Waals surface area (Å²) in [4.78, 5) is 38.3. The molecule has 1 aliphatic heterocycles. The maximum atomic E-state index is 12.8. The number of ether oxygens (including phenoxy) is 1. The van der Waals surface area contributed by atoms with E-state index in [0.29, 0.717) is 17.8 Å². The van der Waals surface area contributed by atoms with Crippen molar-refractivity contribution in [3.63, 3.8) is 0 Å². The maximum absolute atomic E-state index is 12.8. The summed E-state index contributed by atoms with van der Waals surface area (Å²) in [5.74, 6) is -0.567. The Bertz CT molecular complexity index is 882. The van der Waals surface area contributed by atoms with Crippen LogP contribution in [0.25, 0.3) is 0 Å². The summed E-state index contributed by atoms with van der Waals surface area (Å²) < 4.78 is 4.87. The Labute approximate surface area is 163 Å². The molecule has 0 radical (unpaired) electrons. The number of nitrogens with zero attached hydrogens (tertiary/aromatic N) is 1. The molecule has 2 aromatic carbocycles. The van der Waals surface area contributed by atoms with Crippen molar-refractivity contribution in [3.05, 3.63) is 59.7 Å². The third-order valence-electron chi connectivity index (χ3n) is 4.49. The van der Waals surface area contributed by atoms with E-state index in [9.17, 15) is 14.4 Å². The van der Waals surface area contributed by atoms with Crippen LogP contribution in [0, 0.1) is 0 Å². The van der Waals surface area contributed by atoms with E-state index < -0.39 is 18.0 Å². The average Bonchev–Trinajstić information content (AvgIpc) is 3.11. The second kappa shape index (κ2) is 8.56. The molecule has 0 fully saturated rings. The van der Waals surface area contributed by atoms with Crippen LogP contribution in [0.1, 0.15) is 29.8 Å². The normalized spacial score (nSPS) is 13.4. The van der Waals surface area contributed by atoms with Crippen molar-refractivity contribution >= 4 is 29.3 Å². The predicted octanol–water partition coefficient (Wildman–Crippen LogP) is 2.96. The molecule has 1 atom stereocenters. The molecule has 146 valence electrons. The summed E-state index contributed by atoms with van der Waals surface area (Å²) in [5.41, 5.74) is 3.00. The van der Waals surface area contributed by atoms with Crippen molar-refractivity contribution in [1.82, 2.24) is 5.32 Å². The van der Waals surface area contributed by atoms with E-state index in [1.807, 2.05) is 24.3 Å². The number of nitrogens with one attached hydrogen (secondary N) is 2. The number of carbonyl (C=O) groups is 3. The highest BCUT2D eigenvalue weighted by Crippen LogP contribution is 2.32. The molecule has 28 heavy (non-hydrogen) atoms. The summed E-state index contributed by atoms with van der Waals surface area (Å²) in [5, 5.41) is 5.24. The zero-order chi connectivity index (χ0) is 20.1. The Hall–Kier alpha value is -3.35. The summed E-state index contributed by atoms with van der Waals surface area (Å²) in [6, 6.07) is 13.3. The van der Waals surface area contributed by atoms with Gasteiger partial charge in [0.05, 0.1) is 6.61 Å². The van der Waals surface area contributed by atoms with Crippen LogP contribution < -0.4 is 15.5 Å². The number of benzene rings is 2. The van der Waals surface area contributed by atoms with E-state index in [4.69, 9.17) is 4.74 Å². The zero-order valence-electron chi connectivity index (χ0n) is 15.9. The van der Waals surface area contributed by atoms with E-state index >= 15 is 0 Å². The quantitative estimate of drug-likeness (QED) is 0.780. The fourth-order valence-electron chi connectivity index (χ4n) is 3.09. The molecule has 0 saturated heterocycles. The van der Waals surface area contributed by atoms with Crippen molar-refractivity contribution < 1.29 is 19.1 Å². The fourth-order valence-corrected chi connectivity index (χ4v) is 3.09. The number of urea groups is 1. The Morgan fingerprint density at radius 2 is 1.89 bits per heavy atom. The lowest BCUT2D eigenvalue weighted by atomic mass is 10.1. The van der Waals surface area contributed by atoms with Crippen LogP contribution >= 0.6 is 0 Å². The van der Waals surface area contributed by atoms with E-state index in [2.05, 4.69) is 10.6 Å². The van der Waals surface area contributed by atoms with Crippen molar-refractivity contribution in [2.75, 3.05) is 23.4 Å². The molecular formula is C21H23N3O4. The topological polar surface area (TPSA) is 87.7 Å². The van der Waals surface area contributed by atoms with Gasteiger partial charge >= 0.3 is 12.0 Å². The van der Waals surface area contributed by atoms with Crippen LogP contribution in [0.15, 0.2) is 48.5 Å². The minimum atomic E-state index is -0.759. The van der Waals surface area contributed by atoms with Gasteiger partial charge in [0.15, 0.2) is 0 Å². The first-order valence-electron chi connectivity index (χ1n) is 9.23. The molecule has 7 nitrogen and oxygen atoms in total. The molecule has 2 aromatic rings. The van der Waals surface area contributed by atoms with Gasteiger partial charge < -0.3 is 20.3 Å². The maximum Gasteiger partial charge on any atom is 0.328 e. The zero-order valence-corrected chi connectivity index (χ0v) is 15.9. The Balaban J connectivity index is 1.70. The van der Waals surface area contributed by atoms with Gasteiger partial charge in [0.1, 0.15) is 6.04 Å². The Kier molecular flexibility index (Phi) is 5.93. The van der Waals surface area contributed by atoms with E-state index in [0.717, 1.165) is 17.7 Å². The van der Waals surface area contributed by atoms with Crippen LogP contribution in [-0.4, -0.2) is 37.1 Å². The molecular weight excluding hydrogens is 358 g/mol. The molecule has 0 aliphatic carbocycles. The first kappa shape index (κ1) is 19.4. The molecule has 0 aromatic heterocycles. The van der Waals surface area contributed by atoms with Crippen LogP contribution in [-0.2, 0) is 16.0 Å². The second-order valence-corrected chi connectivity index (χ2v) is 6.49. The largest absolute Gasteiger partial charge is 0.464 e. The first-order chi connectivity index (χ1) is 13.5. The molecule has 3 rings (SSSR count). The standard InChI is InChI=1S/C21H23N3O4/c1-3-28-20(26)14(2)22-21(27)23-17-10-9-15-11-12-24(18(15)13-17)19(25)16-7-5-4-6-8-16/h4-10,13-14H,3,11-12H2,1-2H3,(H2,22,23,27). The highest BCUT2D eigenvalue weighted by Gasteiger charge is 2.26. The van der Waals surface area contributed by atoms with E-state index in [1.165, 1.54) is 0 Å². The summed E-state index contributed by atoms with van der Waals surface area (Å²) in [7, 11) is 0. The molecule has 1 aliphatic rings. The Morgan fingerprint density at radius 3 is 2.61 bits per heavy atom. The van der Waals surface area contributed by atoms with Crippen molar-refractivity contribution in [2.45, 2.75) is 26.3 Å². The van der Waals surface area contributed by atoms with Gasteiger partial charge in [-0.05, 0) is 50.1 Å². The lowest BCUT2D eigenvalue weighted by Gasteiger charge is -2.19. The average molecular weight is 381 g/mol. The number of rotatable bonds is 5. The Morgan fingerprint density at radius 1 is 1.14 bits per heavy atom. The second-order valence-electron chi connectivity index (χ2n) is 6.49. The molecule has 2 N–H and O–H groups in total. The van der Waals surface area contributed by atoms with Gasteiger partial charge in [0.2, 0.25) is 0 Å². The number of hydrogen-bond acceptors (Lipinski definition) is 4. The summed E-state index contributed by atoms with van der Waals surface area (Å²) >= 11 is 0. The van der Waals surface area contributed by atoms with Gasteiger partial charge in [-0.1, -0.05) is 24.3 Å². The smallest absolute Gasteiger partial charge is 0.328 e. The molecule has 1 unspecified atom stereocenters. The minimum absolute atomic E-state index is 0.0723. The van der Waals surface area contributed by atoms with E-state index in [1.54, 1.807) is 43.0 Å². The molecule has 0 saturated carbocycles. The van der Waals surface area contributed by atoms with Crippen molar-refractivity contribution in [2.24, 2.45) is 0 Å². The van der Waals surface area contributed by atoms with Gasteiger partial charge in [-0.15, -0.1) is 0 Å². The number of hydrogen-bond donors (Lipinski definition) is 2. The van der Waals surface area contributed by atoms with Crippen molar-refractivity contribution in [3.8, 4) is 0 Å². The van der Waals surface area contributed by atoms with Crippen LogP contribution in [0.4, 0.5) is 16.2 Å². The highest BCUT2D eigenvalue weighted by molar-refractivity contribution is 6.07. The molecule has 0 spiro atoms. The first-order valence-corrected chi connectivity index (χ1v) is 9.23. The van der Waals surface area contributed by atoms with Gasteiger partial charge in [-0.2, -0.15) is 0 Å². The molecule has 1 heterocycles. The third-order valence-corrected chi connectivity index (χ3v) is 4.49. The number of carbonyl (C=O) groups excluding carboxylic acids is 3. The summed E-state index contributed by atoms with van der Waals surface area (Å²) in [6.07, 6.45) is 0.764. The molecule has 7 heteroatoms. The van der Waals surface area contributed by atoms with Crippen LogP contribution in [0.3, 0.4) is 0 Å². The minimum Gasteiger partial charge on any atom is -0.464 e. The summed E-state index contributed by atoms with van der Waals surface area (Å²) in [6.45, 7) is 4.11. The van der Waals surface area contributed by atoms with Gasteiger partial charge in [0.25, 0.3) is 5.91 Å². The monoisotopic (exact) mass is 381 g/mol. The molecule has 3 amide bonds. The van der Waals surface area contributed by atoms with Crippen LogP contribution in [0.5, 0.6) is 0 Å². The molecule has 0 bridgehead atoms. The lowest BCUT2D eigenvalue weighted by molar-refractivity contribution is -0.144. The van der Waals surface area contributed by atoms with Crippen LogP contribution in [0.2, 0.25) is 0 Å². The van der Waals surface area contributed by atoms with Gasteiger partial charge in [-0.25, -0.2) is 9.59 Å². The number of amides is 3. The van der Waals surface area contributed by atoms with E-state index in [-0.39, 0.29) is 12.5 Å². The highest BCUT2D eigenvalue weighted by atomic mass is 16.5. The van der Waals surface area contributed by atoms with Gasteiger partial charge in [0, 0.05) is 23.5 Å². The predicted molar refractivity (Wildman–Crippen MR) is 107 cm³/mol. The van der Waals surface area contributed by atoms with Gasteiger partial charge in [-0.3, -0.25) is 4.79 Å². The number of anilines is 2. The SMILES string of the molecule is CCOC(=O)C(C)NC(=O)Nc1ccc2c(c1)N(C(=O)c1ccccc1)CC2. The lowest BCUT2D eigenvalue weighted by Crippen LogP contribution is -2.41. The third kappa shape index (κ3) is 4.31. The fraction of sp³-hybridized carbons (Fsp3) is 0.286. The number of fused-ring (bicyclic) bond motifs is 1. The number of esters is 1.